The van der Waals surface area contributed by atoms with Gasteiger partial charge in [-0.05, 0) is 71.4 Å². The number of anilines is 1. The van der Waals surface area contributed by atoms with Gasteiger partial charge in [-0.25, -0.2) is 23.2 Å². The lowest BCUT2D eigenvalue weighted by Crippen LogP contribution is -2.34. The molecular formula is C28H32N6O5S. The molecule has 1 atom stereocenters. The van der Waals surface area contributed by atoms with Crippen molar-refractivity contribution in [2.45, 2.75) is 63.3 Å². The average molecular weight is 565 g/mol. The molecule has 0 aliphatic rings. The molecule has 2 heterocycles. The van der Waals surface area contributed by atoms with Crippen LogP contribution in [0.2, 0.25) is 0 Å². The zero-order valence-electron chi connectivity index (χ0n) is 23.2. The Hall–Kier alpha value is -4.32. The normalized spacial score (nSPS) is 12.8. The fourth-order valence-corrected chi connectivity index (χ4v) is 4.79. The number of nitrogens with zero attached hydrogens (tertiary/aromatic N) is 4. The topological polar surface area (TPSA) is 163 Å². The molecule has 1 amide bonds. The van der Waals surface area contributed by atoms with Gasteiger partial charge in [0.15, 0.2) is 21.3 Å². The molecule has 0 radical (unpaired) electrons. The first-order valence-electron chi connectivity index (χ1n) is 12.6. The van der Waals surface area contributed by atoms with Gasteiger partial charge in [-0.2, -0.15) is 0 Å². The number of carbonyl (C=O) groups is 1. The SMILES string of the molecule is CC(NC(=O)OC(C)(C)C)c1cccc(-c2nnc(-c3nc(-c4ccc(S(=O)(=O)C(C)C)cc4)cnc3N)o2)c1. The number of aromatic nitrogens is 4. The Morgan fingerprint density at radius 1 is 1.00 bits per heavy atom. The predicted octanol–water partition coefficient (Wildman–Crippen LogP) is 5.21. The van der Waals surface area contributed by atoms with E-state index in [0.29, 0.717) is 16.8 Å². The summed E-state index contributed by atoms with van der Waals surface area (Å²) in [6, 6.07) is 13.4. The summed E-state index contributed by atoms with van der Waals surface area (Å²) >= 11 is 0. The Balaban J connectivity index is 1.57. The van der Waals surface area contributed by atoms with E-state index in [4.69, 9.17) is 14.9 Å². The molecule has 3 N–H and O–H groups in total. The van der Waals surface area contributed by atoms with Gasteiger partial charge in [-0.3, -0.25) is 0 Å². The zero-order valence-corrected chi connectivity index (χ0v) is 24.0. The van der Waals surface area contributed by atoms with E-state index in [0.717, 1.165) is 5.56 Å². The van der Waals surface area contributed by atoms with Crippen LogP contribution in [-0.4, -0.2) is 45.5 Å². The summed E-state index contributed by atoms with van der Waals surface area (Å²) in [4.78, 5) is 21.2. The number of amides is 1. The lowest BCUT2D eigenvalue weighted by Gasteiger charge is -2.22. The van der Waals surface area contributed by atoms with E-state index < -0.39 is 26.8 Å². The van der Waals surface area contributed by atoms with Crippen molar-refractivity contribution in [1.29, 1.82) is 0 Å². The number of nitrogens with two attached hydrogens (primary N) is 1. The molecule has 0 spiro atoms. The molecule has 4 aromatic rings. The molecule has 4 rings (SSSR count). The van der Waals surface area contributed by atoms with Crippen LogP contribution in [0, 0.1) is 0 Å². The maximum absolute atomic E-state index is 12.4. The standard InChI is InChI=1S/C28H32N6O5S/c1-16(2)40(36,37)21-12-10-18(11-13-21)22-15-30-24(29)23(32-22)26-34-33-25(38-26)20-9-7-8-19(14-20)17(3)31-27(35)39-28(4,5)6/h7-17H,1-6H3,(H2,29,30)(H,31,35). The third kappa shape index (κ3) is 6.45. The van der Waals surface area contributed by atoms with E-state index in [1.165, 1.54) is 6.20 Å². The number of hydrogen-bond donors (Lipinski definition) is 2. The van der Waals surface area contributed by atoms with Crippen LogP contribution < -0.4 is 11.1 Å². The number of nitrogen functional groups attached to an aromatic ring is 1. The Kier molecular flexibility index (Phi) is 7.92. The molecular weight excluding hydrogens is 532 g/mol. The second kappa shape index (κ2) is 11.0. The van der Waals surface area contributed by atoms with Crippen molar-refractivity contribution < 1.29 is 22.4 Å². The highest BCUT2D eigenvalue weighted by atomic mass is 32.2. The molecule has 0 aliphatic carbocycles. The highest BCUT2D eigenvalue weighted by Crippen LogP contribution is 2.29. The lowest BCUT2D eigenvalue weighted by atomic mass is 10.1. The Morgan fingerprint density at radius 2 is 1.68 bits per heavy atom. The average Bonchev–Trinajstić information content (AvgIpc) is 3.38. The Bertz CT molecular complexity index is 1630. The summed E-state index contributed by atoms with van der Waals surface area (Å²) in [7, 11) is -3.40. The molecule has 12 heteroatoms. The highest BCUT2D eigenvalue weighted by Gasteiger charge is 2.21. The van der Waals surface area contributed by atoms with Crippen LogP contribution in [0.1, 0.15) is 53.1 Å². The van der Waals surface area contributed by atoms with Crippen molar-refractivity contribution in [1.82, 2.24) is 25.5 Å². The number of rotatable bonds is 7. The minimum atomic E-state index is -3.40. The maximum atomic E-state index is 12.4. The fourth-order valence-electron chi connectivity index (χ4n) is 3.73. The summed E-state index contributed by atoms with van der Waals surface area (Å²) < 4.78 is 36.1. The Morgan fingerprint density at radius 3 is 2.33 bits per heavy atom. The number of sulfone groups is 1. The maximum Gasteiger partial charge on any atom is 0.408 e. The summed E-state index contributed by atoms with van der Waals surface area (Å²) in [5, 5.41) is 10.6. The van der Waals surface area contributed by atoms with Gasteiger partial charge in [0.2, 0.25) is 5.89 Å². The van der Waals surface area contributed by atoms with E-state index in [-0.39, 0.29) is 34.2 Å². The summed E-state index contributed by atoms with van der Waals surface area (Å²) in [6.07, 6.45) is 0.973. The number of ether oxygens (including phenoxy) is 1. The molecule has 0 saturated heterocycles. The molecule has 2 aromatic heterocycles. The van der Waals surface area contributed by atoms with Crippen molar-refractivity contribution in [3.63, 3.8) is 0 Å². The number of hydrogen-bond acceptors (Lipinski definition) is 10. The van der Waals surface area contributed by atoms with Crippen molar-refractivity contribution >= 4 is 21.7 Å². The quantitative estimate of drug-likeness (QED) is 0.304. The number of nitrogens with one attached hydrogen (secondary N) is 1. The van der Waals surface area contributed by atoms with E-state index >= 15 is 0 Å². The first-order chi connectivity index (χ1) is 18.7. The van der Waals surface area contributed by atoms with Gasteiger partial charge in [-0.15, -0.1) is 10.2 Å². The monoisotopic (exact) mass is 564 g/mol. The first kappa shape index (κ1) is 28.7. The van der Waals surface area contributed by atoms with Crippen LogP contribution in [0.25, 0.3) is 34.3 Å². The van der Waals surface area contributed by atoms with E-state index in [1.807, 2.05) is 25.1 Å². The Labute approximate surface area is 233 Å². The van der Waals surface area contributed by atoms with Crippen LogP contribution in [0.5, 0.6) is 0 Å². The molecule has 1 unspecified atom stereocenters. The van der Waals surface area contributed by atoms with Crippen LogP contribution in [-0.2, 0) is 14.6 Å². The fraction of sp³-hybridized carbons (Fsp3) is 0.321. The van der Waals surface area contributed by atoms with Crippen LogP contribution in [0.4, 0.5) is 10.6 Å². The molecule has 11 nitrogen and oxygen atoms in total. The van der Waals surface area contributed by atoms with Gasteiger partial charge >= 0.3 is 6.09 Å². The van der Waals surface area contributed by atoms with Gasteiger partial charge in [0.25, 0.3) is 5.89 Å². The van der Waals surface area contributed by atoms with Gasteiger partial charge in [0.05, 0.1) is 28.1 Å². The van der Waals surface area contributed by atoms with Crippen LogP contribution in [0.15, 0.2) is 64.0 Å². The van der Waals surface area contributed by atoms with E-state index in [1.54, 1.807) is 65.0 Å². The third-order valence-corrected chi connectivity index (χ3v) is 8.06. The summed E-state index contributed by atoms with van der Waals surface area (Å²) in [5.41, 5.74) is 8.24. The third-order valence-electron chi connectivity index (χ3n) is 5.89. The van der Waals surface area contributed by atoms with Gasteiger partial charge in [0, 0.05) is 11.1 Å². The zero-order chi connectivity index (χ0) is 29.2. The lowest BCUT2D eigenvalue weighted by molar-refractivity contribution is 0.0508. The van der Waals surface area contributed by atoms with Gasteiger partial charge in [-0.1, -0.05) is 24.3 Å². The van der Waals surface area contributed by atoms with Gasteiger partial charge in [0.1, 0.15) is 5.60 Å². The molecule has 0 fully saturated rings. The molecule has 2 aromatic carbocycles. The van der Waals surface area contributed by atoms with Crippen LogP contribution in [0.3, 0.4) is 0 Å². The molecule has 0 bridgehead atoms. The molecule has 0 aliphatic heterocycles. The number of carbonyl (C=O) groups excluding carboxylic acids is 1. The molecule has 40 heavy (non-hydrogen) atoms. The van der Waals surface area contributed by atoms with Crippen molar-refractivity contribution in [3.8, 4) is 34.3 Å². The second-order valence-corrected chi connectivity index (χ2v) is 13.0. The summed E-state index contributed by atoms with van der Waals surface area (Å²) in [5.74, 6) is 0.407. The first-order valence-corrected chi connectivity index (χ1v) is 14.2. The molecule has 210 valence electrons. The minimum absolute atomic E-state index is 0.0752. The minimum Gasteiger partial charge on any atom is -0.444 e. The van der Waals surface area contributed by atoms with Gasteiger partial charge < -0.3 is 20.2 Å². The predicted molar refractivity (Wildman–Crippen MR) is 151 cm³/mol. The second-order valence-electron chi connectivity index (χ2n) is 10.5. The van der Waals surface area contributed by atoms with E-state index in [9.17, 15) is 13.2 Å². The van der Waals surface area contributed by atoms with Crippen molar-refractivity contribution in [2.75, 3.05) is 5.73 Å². The number of alkyl carbamates (subject to hydrolysis) is 1. The van der Waals surface area contributed by atoms with Crippen molar-refractivity contribution in [3.05, 3.63) is 60.3 Å². The van der Waals surface area contributed by atoms with Crippen molar-refractivity contribution in [2.24, 2.45) is 0 Å². The van der Waals surface area contributed by atoms with E-state index in [2.05, 4.69) is 25.5 Å². The van der Waals surface area contributed by atoms with Crippen LogP contribution >= 0.6 is 0 Å². The highest BCUT2D eigenvalue weighted by molar-refractivity contribution is 7.92. The smallest absolute Gasteiger partial charge is 0.408 e. The largest absolute Gasteiger partial charge is 0.444 e. The summed E-state index contributed by atoms with van der Waals surface area (Å²) in [6.45, 7) is 10.5. The number of benzene rings is 2. The molecule has 0 saturated carbocycles.